The Morgan fingerprint density at radius 3 is 0.688 bits per heavy atom. The third-order valence-corrected chi connectivity index (χ3v) is 3.25. The zero-order valence-electron chi connectivity index (χ0n) is 11.3. The third-order valence-electron chi connectivity index (χ3n) is 3.25. The summed E-state index contributed by atoms with van der Waals surface area (Å²) >= 11 is 0. The fourth-order valence-corrected chi connectivity index (χ4v) is 2.12. The van der Waals surface area contributed by atoms with Crippen molar-refractivity contribution >= 4 is 0 Å². The highest BCUT2D eigenvalue weighted by Gasteiger charge is 1.92. The Hall–Kier alpha value is 0. The van der Waals surface area contributed by atoms with Crippen molar-refractivity contribution < 1.29 is 0 Å². The van der Waals surface area contributed by atoms with Crippen molar-refractivity contribution in [3.05, 3.63) is 13.8 Å². The summed E-state index contributed by atoms with van der Waals surface area (Å²) in [5.41, 5.74) is 0. The Balaban J connectivity index is 2.83. The number of unbranched alkanes of at least 4 members (excludes halogenated alkanes) is 13. The van der Waals surface area contributed by atoms with Crippen LogP contribution < -0.4 is 0 Å². The van der Waals surface area contributed by atoms with Crippen LogP contribution in [-0.2, 0) is 0 Å². The highest BCUT2D eigenvalue weighted by atomic mass is 14.0. The molecule has 0 N–H and O–H groups in total. The van der Waals surface area contributed by atoms with Crippen LogP contribution in [0.15, 0.2) is 0 Å². The molecule has 0 fully saturated rings. The van der Waals surface area contributed by atoms with Gasteiger partial charge in [0.25, 0.3) is 0 Å². The van der Waals surface area contributed by atoms with Gasteiger partial charge in [0.2, 0.25) is 0 Å². The van der Waals surface area contributed by atoms with Crippen molar-refractivity contribution in [2.24, 2.45) is 0 Å². The summed E-state index contributed by atoms with van der Waals surface area (Å²) in [7, 11) is 0. The fourth-order valence-electron chi connectivity index (χ4n) is 2.12. The molecule has 0 aromatic carbocycles. The lowest BCUT2D eigenvalue weighted by molar-refractivity contribution is 0.542. The largest absolute Gasteiger partial charge is 0.0533 e. The van der Waals surface area contributed by atoms with Crippen LogP contribution in [-0.4, -0.2) is 0 Å². The van der Waals surface area contributed by atoms with Crippen molar-refractivity contribution in [2.75, 3.05) is 0 Å². The normalized spacial score (nSPS) is 10.9. The van der Waals surface area contributed by atoms with Crippen molar-refractivity contribution in [3.63, 3.8) is 0 Å². The maximum Gasteiger partial charge on any atom is -0.0533 e. The molecular formula is C16H32. The fraction of sp³-hybridized carbons (Fsp3) is 0.875. The Kier molecular flexibility index (Phi) is 15.0. The van der Waals surface area contributed by atoms with Gasteiger partial charge in [0.15, 0.2) is 0 Å². The van der Waals surface area contributed by atoms with Crippen molar-refractivity contribution in [3.8, 4) is 0 Å². The van der Waals surface area contributed by atoms with Crippen LogP contribution in [0.3, 0.4) is 0 Å². The first-order chi connectivity index (χ1) is 7.91. The molecule has 0 nitrogen and oxygen atoms in total. The van der Waals surface area contributed by atoms with E-state index in [-0.39, 0.29) is 0 Å². The standard InChI is InChI=1S/C16H32/c1-3-5-7-9-11-13-15-16-14-12-10-8-6-4-2/h1-16H2. The molecule has 0 atom stereocenters. The molecule has 0 spiro atoms. The predicted molar refractivity (Wildman–Crippen MR) is 75.4 cm³/mol. The molecule has 0 unspecified atom stereocenters. The summed E-state index contributed by atoms with van der Waals surface area (Å²) in [6.45, 7) is 7.74. The Labute approximate surface area is 104 Å². The van der Waals surface area contributed by atoms with Gasteiger partial charge in [-0.05, 0) is 0 Å². The first-order valence-corrected chi connectivity index (χ1v) is 7.50. The molecule has 0 rings (SSSR count). The van der Waals surface area contributed by atoms with Gasteiger partial charge in [-0.2, -0.15) is 0 Å². The lowest BCUT2D eigenvalue weighted by atomic mass is 10.0. The summed E-state index contributed by atoms with van der Waals surface area (Å²) in [5, 5.41) is 0. The average Bonchev–Trinajstić information content (AvgIpc) is 2.31. The van der Waals surface area contributed by atoms with Gasteiger partial charge in [0, 0.05) is 0 Å². The molecule has 96 valence electrons. The van der Waals surface area contributed by atoms with Crippen LogP contribution in [0.25, 0.3) is 0 Å². The molecule has 0 heterocycles. The molecule has 16 heavy (non-hydrogen) atoms. The second kappa shape index (κ2) is 15.0. The highest BCUT2D eigenvalue weighted by Crippen LogP contribution is 2.12. The molecule has 0 aromatic heterocycles. The molecule has 0 saturated carbocycles. The predicted octanol–water partition coefficient (Wildman–Crippen LogP) is 6.12. The second-order valence-corrected chi connectivity index (χ2v) is 4.95. The van der Waals surface area contributed by atoms with E-state index in [0.29, 0.717) is 0 Å². The van der Waals surface area contributed by atoms with Gasteiger partial charge >= 0.3 is 0 Å². The molecular weight excluding hydrogens is 192 g/mol. The van der Waals surface area contributed by atoms with E-state index in [1.165, 1.54) is 77.0 Å². The Morgan fingerprint density at radius 2 is 0.500 bits per heavy atom. The highest BCUT2D eigenvalue weighted by molar-refractivity contribution is 4.50. The summed E-state index contributed by atoms with van der Waals surface area (Å²) in [5.74, 6) is 0. The quantitative estimate of drug-likeness (QED) is 0.331. The van der Waals surface area contributed by atoms with E-state index in [4.69, 9.17) is 0 Å². The zero-order chi connectivity index (χ0) is 11.9. The molecule has 0 aliphatic carbocycles. The van der Waals surface area contributed by atoms with Gasteiger partial charge in [0.1, 0.15) is 0 Å². The average molecular weight is 224 g/mol. The van der Waals surface area contributed by atoms with Gasteiger partial charge in [-0.15, -0.1) is 0 Å². The minimum atomic E-state index is 1.12. The molecule has 0 aromatic rings. The van der Waals surface area contributed by atoms with Gasteiger partial charge in [-0.1, -0.05) is 104 Å². The zero-order valence-corrected chi connectivity index (χ0v) is 11.3. The topological polar surface area (TPSA) is 0 Å². The molecule has 0 amide bonds. The SMILES string of the molecule is [CH2]CCCCCCCCCCCCCC[CH2]. The lowest BCUT2D eigenvalue weighted by Gasteiger charge is -2.02. The smallest absolute Gasteiger partial charge is 0.0533 e. The van der Waals surface area contributed by atoms with Crippen molar-refractivity contribution in [1.82, 2.24) is 0 Å². The number of hydrogen-bond donors (Lipinski definition) is 0. The molecule has 0 saturated heterocycles. The van der Waals surface area contributed by atoms with Gasteiger partial charge in [0.05, 0.1) is 0 Å². The first-order valence-electron chi connectivity index (χ1n) is 7.50. The van der Waals surface area contributed by atoms with Crippen LogP contribution in [0, 0.1) is 13.8 Å². The van der Waals surface area contributed by atoms with Gasteiger partial charge in [-0.25, -0.2) is 0 Å². The van der Waals surface area contributed by atoms with Crippen LogP contribution in [0.2, 0.25) is 0 Å². The summed E-state index contributed by atoms with van der Waals surface area (Å²) in [4.78, 5) is 0. The van der Waals surface area contributed by atoms with E-state index in [1.54, 1.807) is 0 Å². The molecule has 0 heteroatoms. The van der Waals surface area contributed by atoms with E-state index in [9.17, 15) is 0 Å². The second-order valence-electron chi connectivity index (χ2n) is 4.95. The Morgan fingerprint density at radius 1 is 0.312 bits per heavy atom. The number of rotatable bonds is 13. The van der Waals surface area contributed by atoms with Crippen LogP contribution >= 0.6 is 0 Å². The molecule has 2 radical (unpaired) electrons. The monoisotopic (exact) mass is 224 g/mol. The molecule has 0 bridgehead atoms. The minimum absolute atomic E-state index is 1.12. The van der Waals surface area contributed by atoms with Crippen LogP contribution in [0.1, 0.15) is 89.9 Å². The van der Waals surface area contributed by atoms with E-state index < -0.39 is 0 Å². The van der Waals surface area contributed by atoms with Crippen LogP contribution in [0.4, 0.5) is 0 Å². The van der Waals surface area contributed by atoms with Gasteiger partial charge in [-0.3, -0.25) is 0 Å². The van der Waals surface area contributed by atoms with E-state index in [2.05, 4.69) is 13.8 Å². The minimum Gasteiger partial charge on any atom is -0.0533 e. The molecule has 0 aliphatic heterocycles. The van der Waals surface area contributed by atoms with E-state index >= 15 is 0 Å². The molecule has 0 aliphatic rings. The van der Waals surface area contributed by atoms with Crippen LogP contribution in [0.5, 0.6) is 0 Å². The summed E-state index contributed by atoms with van der Waals surface area (Å²) in [6.07, 6.45) is 19.3. The van der Waals surface area contributed by atoms with E-state index in [1.807, 2.05) is 0 Å². The summed E-state index contributed by atoms with van der Waals surface area (Å²) < 4.78 is 0. The third kappa shape index (κ3) is 14.0. The maximum atomic E-state index is 3.87. The first kappa shape index (κ1) is 16.0. The van der Waals surface area contributed by atoms with Gasteiger partial charge < -0.3 is 0 Å². The van der Waals surface area contributed by atoms with Crippen molar-refractivity contribution in [2.45, 2.75) is 89.9 Å². The number of hydrogen-bond acceptors (Lipinski definition) is 0. The lowest BCUT2D eigenvalue weighted by Crippen LogP contribution is -1.82. The Bertz CT molecular complexity index is 92.6. The van der Waals surface area contributed by atoms with E-state index in [0.717, 1.165) is 12.8 Å². The van der Waals surface area contributed by atoms with Crippen molar-refractivity contribution in [1.29, 1.82) is 0 Å². The maximum absolute atomic E-state index is 3.87. The summed E-state index contributed by atoms with van der Waals surface area (Å²) in [6, 6.07) is 0.